The Morgan fingerprint density at radius 3 is 2.95 bits per heavy atom. The van der Waals surface area contributed by atoms with Crippen LogP contribution < -0.4 is 10.2 Å². The summed E-state index contributed by atoms with van der Waals surface area (Å²) in [6.07, 6.45) is 1.17. The third-order valence-corrected chi connectivity index (χ3v) is 5.01. The highest BCUT2D eigenvalue weighted by atomic mass is 32.2. The van der Waals surface area contributed by atoms with Crippen molar-refractivity contribution < 1.29 is 0 Å². The Hall–Kier alpha value is -0.740. The normalized spacial score (nSPS) is 19.4. The van der Waals surface area contributed by atoms with E-state index in [1.54, 1.807) is 0 Å². The van der Waals surface area contributed by atoms with Crippen LogP contribution in [0.15, 0.2) is 6.07 Å². The van der Waals surface area contributed by atoms with Gasteiger partial charge in [-0.25, -0.2) is 4.98 Å². The molecule has 1 atom stereocenters. The summed E-state index contributed by atoms with van der Waals surface area (Å²) in [7, 11) is 0. The van der Waals surface area contributed by atoms with Crippen LogP contribution in [0.5, 0.6) is 0 Å². The molecule has 0 aromatic carbocycles. The van der Waals surface area contributed by atoms with E-state index >= 15 is 0 Å². The van der Waals surface area contributed by atoms with E-state index in [0.29, 0.717) is 6.04 Å². The monoisotopic (exact) mass is 293 g/mol. The fourth-order valence-electron chi connectivity index (χ4n) is 2.73. The highest BCUT2D eigenvalue weighted by molar-refractivity contribution is 7.99. The lowest BCUT2D eigenvalue weighted by Gasteiger charge is -2.36. The van der Waals surface area contributed by atoms with Crippen LogP contribution in [0.3, 0.4) is 0 Å². The number of hydrogen-bond donors (Lipinski definition) is 1. The number of rotatable bonds is 5. The number of hydrogen-bond acceptors (Lipinski definition) is 4. The molecule has 1 unspecified atom stereocenters. The molecule has 1 saturated heterocycles. The Morgan fingerprint density at radius 2 is 2.25 bits per heavy atom. The van der Waals surface area contributed by atoms with Crippen molar-refractivity contribution in [1.29, 1.82) is 0 Å². The van der Waals surface area contributed by atoms with Crippen LogP contribution in [-0.2, 0) is 6.54 Å². The summed E-state index contributed by atoms with van der Waals surface area (Å²) in [5, 5.41) is 3.53. The van der Waals surface area contributed by atoms with Crippen LogP contribution >= 0.6 is 11.8 Å². The zero-order valence-electron chi connectivity index (χ0n) is 13.2. The smallest absolute Gasteiger partial charge is 0.133 e. The molecule has 0 amide bonds. The third-order valence-electron chi connectivity index (χ3n) is 3.82. The van der Waals surface area contributed by atoms with Crippen LogP contribution in [0, 0.1) is 13.8 Å². The summed E-state index contributed by atoms with van der Waals surface area (Å²) >= 11 is 2.05. The zero-order chi connectivity index (χ0) is 14.5. The van der Waals surface area contributed by atoms with Crippen molar-refractivity contribution in [2.75, 3.05) is 29.5 Å². The minimum Gasteiger partial charge on any atom is -0.352 e. The molecule has 112 valence electrons. The molecule has 0 saturated carbocycles. The van der Waals surface area contributed by atoms with E-state index in [0.717, 1.165) is 25.3 Å². The average Bonchev–Trinajstić information content (AvgIpc) is 2.41. The van der Waals surface area contributed by atoms with E-state index in [1.165, 1.54) is 34.9 Å². The molecule has 0 bridgehead atoms. The van der Waals surface area contributed by atoms with Crippen LogP contribution in [0.1, 0.15) is 37.1 Å². The standard InChI is InChI=1S/C16H27N3S/c1-5-6-17-10-15-12(2)9-13(3)18-16(15)19-7-8-20-11-14(19)4/h9,14,17H,5-8,10-11H2,1-4H3. The van der Waals surface area contributed by atoms with E-state index < -0.39 is 0 Å². The number of nitrogens with zero attached hydrogens (tertiary/aromatic N) is 2. The number of pyridine rings is 1. The lowest BCUT2D eigenvalue weighted by atomic mass is 10.1. The van der Waals surface area contributed by atoms with Gasteiger partial charge in [-0.15, -0.1) is 0 Å². The van der Waals surface area contributed by atoms with Crippen molar-refractivity contribution >= 4 is 17.6 Å². The maximum Gasteiger partial charge on any atom is 0.133 e. The quantitative estimate of drug-likeness (QED) is 0.844. The molecule has 20 heavy (non-hydrogen) atoms. The molecule has 1 aliphatic rings. The van der Waals surface area contributed by atoms with E-state index in [1.807, 2.05) is 0 Å². The van der Waals surface area contributed by atoms with Crippen LogP contribution in [0.2, 0.25) is 0 Å². The number of aryl methyl sites for hydroxylation is 2. The van der Waals surface area contributed by atoms with Crippen molar-refractivity contribution in [2.24, 2.45) is 0 Å². The Bertz CT molecular complexity index is 448. The third kappa shape index (κ3) is 3.67. The number of thioether (sulfide) groups is 1. The van der Waals surface area contributed by atoms with Crippen molar-refractivity contribution in [3.05, 3.63) is 22.9 Å². The lowest BCUT2D eigenvalue weighted by Crippen LogP contribution is -2.42. The fourth-order valence-corrected chi connectivity index (χ4v) is 3.75. The molecule has 1 N–H and O–H groups in total. The van der Waals surface area contributed by atoms with Gasteiger partial charge in [0.05, 0.1) is 0 Å². The van der Waals surface area contributed by atoms with E-state index in [-0.39, 0.29) is 0 Å². The molecule has 2 rings (SSSR count). The van der Waals surface area contributed by atoms with Gasteiger partial charge in [0.25, 0.3) is 0 Å². The first-order chi connectivity index (χ1) is 9.63. The maximum atomic E-state index is 4.86. The minimum absolute atomic E-state index is 0.576. The van der Waals surface area contributed by atoms with E-state index in [2.05, 4.69) is 55.7 Å². The number of nitrogens with one attached hydrogen (secondary N) is 1. The molecule has 1 aliphatic heterocycles. The summed E-state index contributed by atoms with van der Waals surface area (Å²) in [6.45, 7) is 11.9. The van der Waals surface area contributed by atoms with Gasteiger partial charge in [-0.1, -0.05) is 6.92 Å². The second-order valence-electron chi connectivity index (χ2n) is 5.68. The Morgan fingerprint density at radius 1 is 1.45 bits per heavy atom. The van der Waals surface area contributed by atoms with Gasteiger partial charge in [0.15, 0.2) is 0 Å². The summed E-state index contributed by atoms with van der Waals surface area (Å²) in [5.41, 5.74) is 3.87. The molecule has 1 fully saturated rings. The second kappa shape index (κ2) is 7.32. The largest absolute Gasteiger partial charge is 0.352 e. The van der Waals surface area contributed by atoms with Crippen molar-refractivity contribution in [2.45, 2.75) is 46.7 Å². The minimum atomic E-state index is 0.576. The van der Waals surface area contributed by atoms with Gasteiger partial charge >= 0.3 is 0 Å². The van der Waals surface area contributed by atoms with Crippen LogP contribution in [0.25, 0.3) is 0 Å². The summed E-state index contributed by atoms with van der Waals surface area (Å²) in [4.78, 5) is 7.36. The van der Waals surface area contributed by atoms with Crippen molar-refractivity contribution in [1.82, 2.24) is 10.3 Å². The Kier molecular flexibility index (Phi) is 5.73. The van der Waals surface area contributed by atoms with Gasteiger partial charge in [-0.2, -0.15) is 11.8 Å². The van der Waals surface area contributed by atoms with E-state index in [9.17, 15) is 0 Å². The van der Waals surface area contributed by atoms with Gasteiger partial charge in [-0.3, -0.25) is 0 Å². The molecule has 1 aromatic heterocycles. The fraction of sp³-hybridized carbons (Fsp3) is 0.688. The molecule has 4 heteroatoms. The average molecular weight is 293 g/mol. The molecular weight excluding hydrogens is 266 g/mol. The second-order valence-corrected chi connectivity index (χ2v) is 6.83. The van der Waals surface area contributed by atoms with Crippen LogP contribution in [-0.4, -0.2) is 35.6 Å². The number of aromatic nitrogens is 1. The first-order valence-corrected chi connectivity index (χ1v) is 8.81. The van der Waals surface area contributed by atoms with Crippen molar-refractivity contribution in [3.63, 3.8) is 0 Å². The first-order valence-electron chi connectivity index (χ1n) is 7.65. The lowest BCUT2D eigenvalue weighted by molar-refractivity contribution is 0.650. The highest BCUT2D eigenvalue weighted by Crippen LogP contribution is 2.28. The van der Waals surface area contributed by atoms with Gasteiger partial charge in [0, 0.05) is 41.9 Å². The summed E-state index contributed by atoms with van der Waals surface area (Å²) in [6, 6.07) is 2.78. The molecule has 0 aliphatic carbocycles. The van der Waals surface area contributed by atoms with Gasteiger partial charge in [0.1, 0.15) is 5.82 Å². The molecular formula is C16H27N3S. The van der Waals surface area contributed by atoms with Gasteiger partial charge in [0.2, 0.25) is 0 Å². The Balaban J connectivity index is 2.28. The predicted molar refractivity (Wildman–Crippen MR) is 89.8 cm³/mol. The highest BCUT2D eigenvalue weighted by Gasteiger charge is 2.23. The van der Waals surface area contributed by atoms with Gasteiger partial charge in [-0.05, 0) is 45.4 Å². The van der Waals surface area contributed by atoms with E-state index in [4.69, 9.17) is 4.98 Å². The molecule has 3 nitrogen and oxygen atoms in total. The zero-order valence-corrected chi connectivity index (χ0v) is 14.0. The topological polar surface area (TPSA) is 28.2 Å². The first kappa shape index (κ1) is 15.6. The van der Waals surface area contributed by atoms with Gasteiger partial charge < -0.3 is 10.2 Å². The molecule has 2 heterocycles. The summed E-state index contributed by atoms with van der Waals surface area (Å²) in [5.74, 6) is 3.62. The SMILES string of the molecule is CCCNCc1c(C)cc(C)nc1N1CCSCC1C. The summed E-state index contributed by atoms with van der Waals surface area (Å²) < 4.78 is 0. The predicted octanol–water partition coefficient (Wildman–Crippen LogP) is 3.14. The maximum absolute atomic E-state index is 4.86. The van der Waals surface area contributed by atoms with Crippen molar-refractivity contribution in [3.8, 4) is 0 Å². The Labute approximate surface area is 127 Å². The van der Waals surface area contributed by atoms with Crippen LogP contribution in [0.4, 0.5) is 5.82 Å². The molecule has 0 radical (unpaired) electrons. The molecule has 1 aromatic rings. The molecule has 0 spiro atoms. The number of anilines is 1.